The molecule has 16 heavy (non-hydrogen) atoms. The van der Waals surface area contributed by atoms with Gasteiger partial charge in [-0.05, 0) is 30.7 Å². The third-order valence-electron chi connectivity index (χ3n) is 2.78. The monoisotopic (exact) mass is 236 g/mol. The maximum atomic E-state index is 6.02. The van der Waals surface area contributed by atoms with Crippen molar-refractivity contribution in [2.45, 2.75) is 32.2 Å². The Balaban J connectivity index is 2.19. The Kier molecular flexibility index (Phi) is 3.52. The van der Waals surface area contributed by atoms with E-state index in [0.717, 1.165) is 35.2 Å². The lowest BCUT2D eigenvalue weighted by Crippen LogP contribution is -2.22. The number of halogens is 1. The fraction of sp³-hybridized carbons (Fsp3) is 0.385. The highest BCUT2D eigenvalue weighted by atomic mass is 35.5. The smallest absolute Gasteiger partial charge is 0.0457 e. The first-order chi connectivity index (χ1) is 7.69. The van der Waals surface area contributed by atoms with Crippen LogP contribution in [0.4, 0.5) is 0 Å². The minimum Gasteiger partial charge on any atom is -0.358 e. The van der Waals surface area contributed by atoms with Gasteiger partial charge >= 0.3 is 0 Å². The highest BCUT2D eigenvalue weighted by Gasteiger charge is 2.06. The van der Waals surface area contributed by atoms with Gasteiger partial charge < -0.3 is 10.7 Å². The van der Waals surface area contributed by atoms with E-state index in [1.54, 1.807) is 0 Å². The minimum absolute atomic E-state index is 0.244. The standard InChI is InChI=1S/C13H17ClN2/c1-2-3-11(15)8-12-7-9-6-10(14)4-5-13(9)16-12/h4-7,11,16H,2-3,8,15H2,1H3. The van der Waals surface area contributed by atoms with Crippen molar-refractivity contribution in [1.82, 2.24) is 4.98 Å². The Morgan fingerprint density at radius 1 is 1.38 bits per heavy atom. The lowest BCUT2D eigenvalue weighted by Gasteiger charge is -2.07. The van der Waals surface area contributed by atoms with Crippen LogP contribution in [-0.2, 0) is 6.42 Å². The van der Waals surface area contributed by atoms with Gasteiger partial charge in [0.2, 0.25) is 0 Å². The van der Waals surface area contributed by atoms with Gasteiger partial charge in [0.05, 0.1) is 0 Å². The molecule has 0 aliphatic heterocycles. The van der Waals surface area contributed by atoms with Gasteiger partial charge in [0.25, 0.3) is 0 Å². The number of hydrogen-bond donors (Lipinski definition) is 2. The Hall–Kier alpha value is -0.990. The van der Waals surface area contributed by atoms with Crippen molar-refractivity contribution in [3.05, 3.63) is 35.0 Å². The van der Waals surface area contributed by atoms with E-state index in [2.05, 4.69) is 18.0 Å². The zero-order valence-electron chi connectivity index (χ0n) is 9.46. The van der Waals surface area contributed by atoms with Crippen LogP contribution in [0.5, 0.6) is 0 Å². The van der Waals surface area contributed by atoms with Crippen LogP contribution in [0, 0.1) is 0 Å². The molecule has 0 saturated heterocycles. The van der Waals surface area contributed by atoms with Crippen LogP contribution in [0.25, 0.3) is 10.9 Å². The van der Waals surface area contributed by atoms with Crippen LogP contribution in [-0.4, -0.2) is 11.0 Å². The van der Waals surface area contributed by atoms with Crippen molar-refractivity contribution in [3.63, 3.8) is 0 Å². The highest BCUT2D eigenvalue weighted by Crippen LogP contribution is 2.20. The molecule has 0 aliphatic rings. The summed E-state index contributed by atoms with van der Waals surface area (Å²) < 4.78 is 0. The zero-order chi connectivity index (χ0) is 11.5. The molecule has 0 spiro atoms. The maximum absolute atomic E-state index is 6.02. The second-order valence-corrected chi connectivity index (χ2v) is 4.72. The van der Waals surface area contributed by atoms with Gasteiger partial charge in [-0.1, -0.05) is 24.9 Å². The van der Waals surface area contributed by atoms with Gasteiger partial charge in [0.1, 0.15) is 0 Å². The third-order valence-corrected chi connectivity index (χ3v) is 3.02. The van der Waals surface area contributed by atoms with Gasteiger partial charge in [-0.25, -0.2) is 0 Å². The minimum atomic E-state index is 0.244. The zero-order valence-corrected chi connectivity index (χ0v) is 10.2. The Morgan fingerprint density at radius 3 is 2.94 bits per heavy atom. The van der Waals surface area contributed by atoms with Crippen LogP contribution in [0.2, 0.25) is 5.02 Å². The second-order valence-electron chi connectivity index (χ2n) is 4.28. The molecule has 2 aromatic rings. The molecule has 0 amide bonds. The number of aromatic nitrogens is 1. The van der Waals surface area contributed by atoms with Crippen molar-refractivity contribution in [2.24, 2.45) is 5.73 Å². The fourth-order valence-corrected chi connectivity index (χ4v) is 2.21. The molecule has 0 bridgehead atoms. The summed E-state index contributed by atoms with van der Waals surface area (Å²) in [5, 5.41) is 1.93. The van der Waals surface area contributed by atoms with Gasteiger partial charge in [0, 0.05) is 34.1 Å². The van der Waals surface area contributed by atoms with Crippen LogP contribution >= 0.6 is 11.6 Å². The number of nitrogens with two attached hydrogens (primary N) is 1. The molecule has 3 heteroatoms. The molecule has 2 nitrogen and oxygen atoms in total. The molecule has 1 aromatic heterocycles. The van der Waals surface area contributed by atoms with Crippen LogP contribution < -0.4 is 5.73 Å². The summed E-state index contributed by atoms with van der Waals surface area (Å²) in [5.41, 5.74) is 8.34. The first kappa shape index (κ1) is 11.5. The van der Waals surface area contributed by atoms with E-state index < -0.39 is 0 Å². The molecular formula is C13H17ClN2. The summed E-state index contributed by atoms with van der Waals surface area (Å²) in [6, 6.07) is 8.26. The molecule has 86 valence electrons. The van der Waals surface area contributed by atoms with Crippen molar-refractivity contribution < 1.29 is 0 Å². The summed E-state index contributed by atoms with van der Waals surface area (Å²) in [5.74, 6) is 0. The number of nitrogens with one attached hydrogen (secondary N) is 1. The Labute approximate surface area is 101 Å². The van der Waals surface area contributed by atoms with Gasteiger partial charge in [-0.15, -0.1) is 0 Å². The summed E-state index contributed by atoms with van der Waals surface area (Å²) in [6.07, 6.45) is 3.10. The number of hydrogen-bond acceptors (Lipinski definition) is 1. The van der Waals surface area contributed by atoms with Crippen molar-refractivity contribution >= 4 is 22.5 Å². The fourth-order valence-electron chi connectivity index (χ4n) is 2.03. The predicted octanol–water partition coefficient (Wildman–Crippen LogP) is 3.49. The molecule has 1 atom stereocenters. The SMILES string of the molecule is CCCC(N)Cc1cc2cc(Cl)ccc2[nH]1. The molecule has 1 heterocycles. The topological polar surface area (TPSA) is 41.8 Å². The van der Waals surface area contributed by atoms with Crippen LogP contribution in [0.15, 0.2) is 24.3 Å². The number of fused-ring (bicyclic) bond motifs is 1. The Morgan fingerprint density at radius 2 is 2.19 bits per heavy atom. The lowest BCUT2D eigenvalue weighted by molar-refractivity contribution is 0.595. The average molecular weight is 237 g/mol. The number of H-pyrrole nitrogens is 1. The summed E-state index contributed by atoms with van der Waals surface area (Å²) >= 11 is 5.94. The molecule has 0 fully saturated rings. The van der Waals surface area contributed by atoms with Crippen molar-refractivity contribution in [1.29, 1.82) is 0 Å². The number of benzene rings is 1. The maximum Gasteiger partial charge on any atom is 0.0457 e. The first-order valence-corrected chi connectivity index (χ1v) is 6.09. The molecule has 0 radical (unpaired) electrons. The van der Waals surface area contributed by atoms with E-state index in [1.165, 1.54) is 5.69 Å². The molecule has 3 N–H and O–H groups in total. The molecule has 0 saturated carbocycles. The lowest BCUT2D eigenvalue weighted by atomic mass is 10.1. The molecule has 1 unspecified atom stereocenters. The van der Waals surface area contributed by atoms with Crippen molar-refractivity contribution in [3.8, 4) is 0 Å². The third kappa shape index (κ3) is 2.57. The molecular weight excluding hydrogens is 220 g/mol. The van der Waals surface area contributed by atoms with Gasteiger partial charge in [0.15, 0.2) is 0 Å². The quantitative estimate of drug-likeness (QED) is 0.839. The number of rotatable bonds is 4. The highest BCUT2D eigenvalue weighted by molar-refractivity contribution is 6.31. The number of aromatic amines is 1. The summed E-state index contributed by atoms with van der Waals surface area (Å²) in [6.45, 7) is 2.16. The first-order valence-electron chi connectivity index (χ1n) is 5.71. The van der Waals surface area contributed by atoms with E-state index in [4.69, 9.17) is 17.3 Å². The Bertz CT molecular complexity index is 476. The van der Waals surface area contributed by atoms with E-state index in [-0.39, 0.29) is 6.04 Å². The summed E-state index contributed by atoms with van der Waals surface area (Å²) in [4.78, 5) is 3.37. The predicted molar refractivity (Wildman–Crippen MR) is 69.9 cm³/mol. The van der Waals surface area contributed by atoms with Gasteiger partial charge in [-0.2, -0.15) is 0 Å². The van der Waals surface area contributed by atoms with E-state index in [0.29, 0.717) is 0 Å². The van der Waals surface area contributed by atoms with Crippen LogP contribution in [0.1, 0.15) is 25.5 Å². The van der Waals surface area contributed by atoms with Crippen LogP contribution in [0.3, 0.4) is 0 Å². The van der Waals surface area contributed by atoms with E-state index in [9.17, 15) is 0 Å². The molecule has 2 rings (SSSR count). The average Bonchev–Trinajstić information content (AvgIpc) is 2.59. The van der Waals surface area contributed by atoms with Crippen molar-refractivity contribution in [2.75, 3.05) is 0 Å². The second kappa shape index (κ2) is 4.89. The molecule has 0 aliphatic carbocycles. The normalized spacial score (nSPS) is 13.2. The van der Waals surface area contributed by atoms with E-state index in [1.807, 2.05) is 18.2 Å². The summed E-state index contributed by atoms with van der Waals surface area (Å²) in [7, 11) is 0. The largest absolute Gasteiger partial charge is 0.358 e. The molecule has 1 aromatic carbocycles. The van der Waals surface area contributed by atoms with E-state index >= 15 is 0 Å². The van der Waals surface area contributed by atoms with Gasteiger partial charge in [-0.3, -0.25) is 0 Å².